The van der Waals surface area contributed by atoms with Crippen molar-refractivity contribution >= 4 is 17.1 Å². The molecule has 1 aromatic rings. The molecule has 0 aliphatic carbocycles. The van der Waals surface area contributed by atoms with Crippen molar-refractivity contribution in [3.05, 3.63) is 21.9 Å². The molecule has 0 spiro atoms. The van der Waals surface area contributed by atoms with E-state index in [4.69, 9.17) is 0 Å². The molecule has 1 heterocycles. The predicted octanol–water partition coefficient (Wildman–Crippen LogP) is 3.07. The van der Waals surface area contributed by atoms with Gasteiger partial charge in [0.2, 0.25) is 0 Å². The minimum atomic E-state index is 0.176. The third kappa shape index (κ3) is 1.69. The maximum Gasteiger partial charge on any atom is 0.160 e. The fourth-order valence-electron chi connectivity index (χ4n) is 1.06. The highest BCUT2D eigenvalue weighted by atomic mass is 32.1. The van der Waals surface area contributed by atoms with Crippen molar-refractivity contribution in [1.82, 2.24) is 0 Å². The van der Waals surface area contributed by atoms with E-state index in [-0.39, 0.29) is 5.78 Å². The van der Waals surface area contributed by atoms with Gasteiger partial charge in [-0.3, -0.25) is 4.79 Å². The summed E-state index contributed by atoms with van der Waals surface area (Å²) in [6, 6.07) is 1.91. The van der Waals surface area contributed by atoms with E-state index in [0.717, 1.165) is 5.56 Å². The van der Waals surface area contributed by atoms with E-state index >= 15 is 0 Å². The van der Waals surface area contributed by atoms with E-state index in [0.29, 0.717) is 5.92 Å². The molecule has 0 N–H and O–H groups in total. The van der Waals surface area contributed by atoms with Crippen LogP contribution in [0.15, 0.2) is 11.4 Å². The summed E-state index contributed by atoms with van der Waals surface area (Å²) >= 11 is 1.67. The molecular weight excluding hydrogens is 156 g/mol. The molecule has 60 valence electrons. The van der Waals surface area contributed by atoms with Crippen molar-refractivity contribution < 1.29 is 4.79 Å². The predicted molar refractivity (Wildman–Crippen MR) is 48.4 cm³/mol. The highest BCUT2D eigenvalue weighted by Crippen LogP contribution is 2.25. The molecule has 0 saturated carbocycles. The van der Waals surface area contributed by atoms with E-state index in [1.807, 2.05) is 11.4 Å². The molecular formula is C9H12OS. The Morgan fingerprint density at radius 3 is 2.55 bits per heavy atom. The van der Waals surface area contributed by atoms with Crippen molar-refractivity contribution in [2.45, 2.75) is 26.7 Å². The summed E-state index contributed by atoms with van der Waals surface area (Å²) in [6.45, 7) is 5.84. The molecule has 0 saturated heterocycles. The third-order valence-corrected chi connectivity index (χ3v) is 2.82. The Morgan fingerprint density at radius 2 is 2.18 bits per heavy atom. The zero-order valence-corrected chi connectivity index (χ0v) is 7.87. The van der Waals surface area contributed by atoms with Crippen LogP contribution in [0.4, 0.5) is 0 Å². The standard InChI is InChI=1S/C9H12OS/c1-6(2)9-8(7(3)10)4-5-11-9/h4-6H,1-3H3. The molecule has 1 aromatic heterocycles. The van der Waals surface area contributed by atoms with Crippen molar-refractivity contribution in [3.63, 3.8) is 0 Å². The van der Waals surface area contributed by atoms with E-state index in [1.54, 1.807) is 18.3 Å². The maximum absolute atomic E-state index is 11.0. The molecule has 11 heavy (non-hydrogen) atoms. The fraction of sp³-hybridized carbons (Fsp3) is 0.444. The average molecular weight is 168 g/mol. The Hall–Kier alpha value is -0.630. The van der Waals surface area contributed by atoms with Gasteiger partial charge in [0.05, 0.1) is 0 Å². The van der Waals surface area contributed by atoms with Gasteiger partial charge in [0.25, 0.3) is 0 Å². The Bertz CT molecular complexity index is 260. The van der Waals surface area contributed by atoms with Crippen LogP contribution in [-0.4, -0.2) is 5.78 Å². The zero-order valence-electron chi connectivity index (χ0n) is 7.05. The first-order valence-corrected chi connectivity index (χ1v) is 4.59. The number of rotatable bonds is 2. The van der Waals surface area contributed by atoms with Crippen molar-refractivity contribution in [2.75, 3.05) is 0 Å². The summed E-state index contributed by atoms with van der Waals surface area (Å²) in [4.78, 5) is 12.2. The van der Waals surface area contributed by atoms with Crippen LogP contribution in [0.25, 0.3) is 0 Å². The molecule has 0 fully saturated rings. The lowest BCUT2D eigenvalue weighted by Crippen LogP contribution is -1.95. The first-order chi connectivity index (χ1) is 5.13. The topological polar surface area (TPSA) is 17.1 Å². The minimum absolute atomic E-state index is 0.176. The van der Waals surface area contributed by atoms with Gasteiger partial charge >= 0.3 is 0 Å². The van der Waals surface area contributed by atoms with Gasteiger partial charge in [-0.1, -0.05) is 13.8 Å². The Labute approximate surface area is 71.1 Å². The molecule has 0 amide bonds. The normalized spacial score (nSPS) is 10.5. The highest BCUT2D eigenvalue weighted by Gasteiger charge is 2.10. The second-order valence-electron chi connectivity index (χ2n) is 2.91. The summed E-state index contributed by atoms with van der Waals surface area (Å²) in [7, 11) is 0. The first kappa shape index (κ1) is 8.47. The molecule has 0 aliphatic rings. The minimum Gasteiger partial charge on any atom is -0.294 e. The first-order valence-electron chi connectivity index (χ1n) is 3.71. The second-order valence-corrected chi connectivity index (χ2v) is 3.86. The van der Waals surface area contributed by atoms with Gasteiger partial charge in [-0.25, -0.2) is 0 Å². The van der Waals surface area contributed by atoms with Gasteiger partial charge in [0, 0.05) is 10.4 Å². The van der Waals surface area contributed by atoms with Crippen molar-refractivity contribution in [2.24, 2.45) is 0 Å². The van der Waals surface area contributed by atoms with Crippen LogP contribution in [0.1, 0.15) is 41.9 Å². The van der Waals surface area contributed by atoms with Crippen LogP contribution in [0.2, 0.25) is 0 Å². The number of hydrogen-bond donors (Lipinski definition) is 0. The molecule has 1 nitrogen and oxygen atoms in total. The molecule has 1 rings (SSSR count). The van der Waals surface area contributed by atoms with Crippen LogP contribution in [0.3, 0.4) is 0 Å². The van der Waals surface area contributed by atoms with E-state index in [1.165, 1.54) is 4.88 Å². The van der Waals surface area contributed by atoms with Gasteiger partial charge in [0.1, 0.15) is 0 Å². The van der Waals surface area contributed by atoms with E-state index < -0.39 is 0 Å². The van der Waals surface area contributed by atoms with Gasteiger partial charge in [0.15, 0.2) is 5.78 Å². The third-order valence-electron chi connectivity index (χ3n) is 1.60. The van der Waals surface area contributed by atoms with E-state index in [2.05, 4.69) is 13.8 Å². The van der Waals surface area contributed by atoms with Crippen LogP contribution in [0, 0.1) is 0 Å². The van der Waals surface area contributed by atoms with Crippen molar-refractivity contribution in [3.8, 4) is 0 Å². The lowest BCUT2D eigenvalue weighted by Gasteiger charge is -2.02. The average Bonchev–Trinajstić information content (AvgIpc) is 2.32. The molecule has 2 heteroatoms. The summed E-state index contributed by atoms with van der Waals surface area (Å²) < 4.78 is 0. The SMILES string of the molecule is CC(=O)c1ccsc1C(C)C. The van der Waals surface area contributed by atoms with Gasteiger partial charge in [-0.2, -0.15) is 0 Å². The van der Waals surface area contributed by atoms with Crippen LogP contribution in [-0.2, 0) is 0 Å². The summed E-state index contributed by atoms with van der Waals surface area (Å²) in [5.74, 6) is 0.642. The quantitative estimate of drug-likeness (QED) is 0.620. The molecule has 0 aliphatic heterocycles. The lowest BCUT2D eigenvalue weighted by atomic mass is 10.1. The zero-order chi connectivity index (χ0) is 8.43. The van der Waals surface area contributed by atoms with E-state index in [9.17, 15) is 4.79 Å². The van der Waals surface area contributed by atoms with Crippen molar-refractivity contribution in [1.29, 1.82) is 0 Å². The Kier molecular flexibility index (Phi) is 2.45. The number of Topliss-reactive ketones (excluding diaryl/α,β-unsaturated/α-hetero) is 1. The van der Waals surface area contributed by atoms with Gasteiger partial charge < -0.3 is 0 Å². The number of thiophene rings is 1. The molecule has 0 radical (unpaired) electrons. The second kappa shape index (κ2) is 3.18. The summed E-state index contributed by atoms with van der Waals surface area (Å²) in [5, 5.41) is 1.98. The van der Waals surface area contributed by atoms with Crippen LogP contribution >= 0.6 is 11.3 Å². The molecule has 0 unspecified atom stereocenters. The smallest absolute Gasteiger partial charge is 0.160 e. The molecule has 0 aromatic carbocycles. The number of ketones is 1. The van der Waals surface area contributed by atoms with Gasteiger partial charge in [-0.15, -0.1) is 11.3 Å². The monoisotopic (exact) mass is 168 g/mol. The number of hydrogen-bond acceptors (Lipinski definition) is 2. The van der Waals surface area contributed by atoms with Crippen LogP contribution in [0.5, 0.6) is 0 Å². The van der Waals surface area contributed by atoms with Crippen LogP contribution < -0.4 is 0 Å². The Morgan fingerprint density at radius 1 is 1.55 bits per heavy atom. The molecule has 0 atom stereocenters. The molecule has 0 bridgehead atoms. The Balaban J connectivity index is 3.06. The summed E-state index contributed by atoms with van der Waals surface area (Å²) in [6.07, 6.45) is 0. The maximum atomic E-state index is 11.0. The number of carbonyl (C=O) groups is 1. The number of carbonyl (C=O) groups excluding carboxylic acids is 1. The largest absolute Gasteiger partial charge is 0.294 e. The van der Waals surface area contributed by atoms with Gasteiger partial charge in [-0.05, 0) is 24.3 Å². The fourth-order valence-corrected chi connectivity index (χ4v) is 2.02. The summed E-state index contributed by atoms with van der Waals surface area (Å²) in [5.41, 5.74) is 0.894. The lowest BCUT2D eigenvalue weighted by molar-refractivity contribution is 0.101. The highest BCUT2D eigenvalue weighted by molar-refractivity contribution is 7.10.